The van der Waals surface area contributed by atoms with Crippen LogP contribution in [-0.2, 0) is 19.1 Å². The van der Waals surface area contributed by atoms with Gasteiger partial charge in [0, 0.05) is 16.8 Å². The van der Waals surface area contributed by atoms with Crippen molar-refractivity contribution >= 4 is 34.9 Å². The van der Waals surface area contributed by atoms with Crippen LogP contribution in [0.3, 0.4) is 0 Å². The van der Waals surface area contributed by atoms with E-state index in [9.17, 15) is 14.4 Å². The summed E-state index contributed by atoms with van der Waals surface area (Å²) in [6.45, 7) is 3.66. The lowest BCUT2D eigenvalue weighted by Crippen LogP contribution is -2.49. The van der Waals surface area contributed by atoms with Crippen molar-refractivity contribution in [3.63, 3.8) is 0 Å². The fraction of sp³-hybridized carbons (Fsp3) is 0.606. The molecule has 0 unspecified atom stereocenters. The molecule has 2 aliphatic carbocycles. The average Bonchev–Trinajstić information content (AvgIpc) is 3.44. The minimum absolute atomic E-state index is 0.0203. The molecule has 0 spiro atoms. The van der Waals surface area contributed by atoms with Crippen molar-refractivity contribution in [3.05, 3.63) is 41.3 Å². The molecular formula is C33H44N2O5S. The zero-order valence-electron chi connectivity index (χ0n) is 24.5. The summed E-state index contributed by atoms with van der Waals surface area (Å²) in [5.41, 5.74) is 1.62. The molecule has 3 aliphatic rings. The van der Waals surface area contributed by atoms with Crippen molar-refractivity contribution < 1.29 is 23.9 Å². The van der Waals surface area contributed by atoms with Crippen LogP contribution in [0, 0.1) is 17.8 Å². The van der Waals surface area contributed by atoms with Gasteiger partial charge in [0.1, 0.15) is 4.88 Å². The minimum atomic E-state index is -0.549. The molecule has 1 aliphatic heterocycles. The summed E-state index contributed by atoms with van der Waals surface area (Å²) in [6.07, 6.45) is 10.5. The highest BCUT2D eigenvalue weighted by atomic mass is 32.1. The predicted molar refractivity (Wildman–Crippen MR) is 162 cm³/mol. The first-order chi connectivity index (χ1) is 19.9. The molecule has 1 aromatic heterocycles. The van der Waals surface area contributed by atoms with Crippen molar-refractivity contribution in [1.82, 2.24) is 4.90 Å². The van der Waals surface area contributed by atoms with Crippen LogP contribution in [0.25, 0.3) is 10.4 Å². The van der Waals surface area contributed by atoms with E-state index in [1.807, 2.05) is 41.3 Å². The van der Waals surface area contributed by atoms with E-state index in [2.05, 4.69) is 18.9 Å². The van der Waals surface area contributed by atoms with Gasteiger partial charge in [-0.3, -0.25) is 9.59 Å². The number of anilines is 1. The van der Waals surface area contributed by atoms with Crippen LogP contribution in [0.2, 0.25) is 0 Å². The Balaban J connectivity index is 1.42. The van der Waals surface area contributed by atoms with Gasteiger partial charge in [-0.15, -0.1) is 11.3 Å². The fourth-order valence-electron chi connectivity index (χ4n) is 6.57. The number of benzene rings is 1. The van der Waals surface area contributed by atoms with Crippen molar-refractivity contribution in [1.29, 1.82) is 0 Å². The molecule has 222 valence electrons. The highest BCUT2D eigenvalue weighted by Crippen LogP contribution is 2.41. The molecule has 8 heteroatoms. The Bertz CT molecular complexity index is 1180. The second-order valence-electron chi connectivity index (χ2n) is 12.2. The second-order valence-corrected chi connectivity index (χ2v) is 13.3. The molecule has 0 bridgehead atoms. The maximum absolute atomic E-state index is 14.3. The number of carbonyl (C=O) groups is 3. The van der Waals surface area contributed by atoms with Crippen LogP contribution in [0.5, 0.6) is 0 Å². The van der Waals surface area contributed by atoms with Crippen molar-refractivity contribution in [2.45, 2.75) is 83.6 Å². The van der Waals surface area contributed by atoms with Crippen LogP contribution >= 0.6 is 11.3 Å². The van der Waals surface area contributed by atoms with E-state index in [4.69, 9.17) is 9.47 Å². The second kappa shape index (κ2) is 14.0. The summed E-state index contributed by atoms with van der Waals surface area (Å²) < 4.78 is 10.9. The van der Waals surface area contributed by atoms with Gasteiger partial charge in [-0.2, -0.15) is 0 Å². The number of ether oxygens (including phenoxy) is 2. The standard InChI is InChI=1S/C33H44N2O5S/c1-23-13-15-25(16-14-23)31(36)35(27-17-19-34(2)20-18-27)28-21-29(24-9-5-3-6-10-24)41-30(28)33(38)40-22-39-32(37)26-11-7-4-8-12-26/h3,5-6,9-10,21,23,25-27H,4,7-8,11-20,22H2,1-2H3. The maximum atomic E-state index is 14.3. The van der Waals surface area contributed by atoms with Crippen LogP contribution in [0.15, 0.2) is 36.4 Å². The van der Waals surface area contributed by atoms with E-state index in [1.165, 1.54) is 11.3 Å². The lowest BCUT2D eigenvalue weighted by Gasteiger charge is -2.40. The molecular weight excluding hydrogens is 536 g/mol. The Morgan fingerprint density at radius 2 is 1.56 bits per heavy atom. The third-order valence-corrected chi connectivity index (χ3v) is 10.4. The first-order valence-electron chi connectivity index (χ1n) is 15.5. The molecule has 1 aromatic carbocycles. The Morgan fingerprint density at radius 3 is 2.24 bits per heavy atom. The summed E-state index contributed by atoms with van der Waals surface area (Å²) in [4.78, 5) is 46.0. The normalized spacial score (nSPS) is 22.7. The molecule has 7 nitrogen and oxygen atoms in total. The zero-order chi connectivity index (χ0) is 28.8. The van der Waals surface area contributed by atoms with Crippen LogP contribution < -0.4 is 4.90 Å². The van der Waals surface area contributed by atoms with Crippen molar-refractivity contribution in [3.8, 4) is 10.4 Å². The zero-order valence-corrected chi connectivity index (χ0v) is 25.3. The summed E-state index contributed by atoms with van der Waals surface area (Å²) >= 11 is 1.35. The maximum Gasteiger partial charge on any atom is 0.353 e. The smallest absolute Gasteiger partial charge is 0.353 e. The topological polar surface area (TPSA) is 76.1 Å². The number of nitrogens with zero attached hydrogens (tertiary/aromatic N) is 2. The summed E-state index contributed by atoms with van der Waals surface area (Å²) in [6, 6.07) is 12.0. The predicted octanol–water partition coefficient (Wildman–Crippen LogP) is 6.91. The third kappa shape index (κ3) is 7.39. The Hall–Kier alpha value is -2.71. The van der Waals surface area contributed by atoms with E-state index in [1.54, 1.807) is 0 Å². The monoisotopic (exact) mass is 580 g/mol. The van der Waals surface area contributed by atoms with Crippen LogP contribution in [0.4, 0.5) is 5.69 Å². The van der Waals surface area contributed by atoms with E-state index in [0.717, 1.165) is 94.2 Å². The first kappa shape index (κ1) is 29.8. The number of piperidine rings is 1. The summed E-state index contributed by atoms with van der Waals surface area (Å²) in [5.74, 6) is -0.216. The van der Waals surface area contributed by atoms with E-state index in [0.29, 0.717) is 16.5 Å². The Kier molecular flexibility index (Phi) is 10.1. The number of rotatable bonds is 8. The molecule has 0 atom stereocenters. The number of hydrogen-bond donors (Lipinski definition) is 0. The van der Waals surface area contributed by atoms with E-state index >= 15 is 0 Å². The van der Waals surface area contributed by atoms with Gasteiger partial charge >= 0.3 is 11.9 Å². The molecule has 0 radical (unpaired) electrons. The number of thiophene rings is 1. The van der Waals surface area contributed by atoms with Gasteiger partial charge in [0.15, 0.2) is 0 Å². The fourth-order valence-corrected chi connectivity index (χ4v) is 7.61. The first-order valence-corrected chi connectivity index (χ1v) is 16.3. The molecule has 2 heterocycles. The minimum Gasteiger partial charge on any atom is -0.428 e. The van der Waals surface area contributed by atoms with Gasteiger partial charge in [0.05, 0.1) is 11.6 Å². The van der Waals surface area contributed by atoms with Crippen molar-refractivity contribution in [2.75, 3.05) is 31.8 Å². The van der Waals surface area contributed by atoms with Gasteiger partial charge in [-0.1, -0.05) is 56.5 Å². The lowest BCUT2D eigenvalue weighted by molar-refractivity contribution is -0.158. The van der Waals surface area contributed by atoms with Gasteiger partial charge in [-0.05, 0) is 89.1 Å². The molecule has 41 heavy (non-hydrogen) atoms. The number of hydrogen-bond acceptors (Lipinski definition) is 7. The molecule has 5 rings (SSSR count). The largest absolute Gasteiger partial charge is 0.428 e. The summed E-state index contributed by atoms with van der Waals surface area (Å²) in [7, 11) is 2.11. The number of amides is 1. The van der Waals surface area contributed by atoms with Gasteiger partial charge in [0.2, 0.25) is 12.7 Å². The highest BCUT2D eigenvalue weighted by molar-refractivity contribution is 7.18. The number of likely N-dealkylation sites (tertiary alicyclic amines) is 1. The van der Waals surface area contributed by atoms with Crippen LogP contribution in [-0.4, -0.2) is 55.7 Å². The Morgan fingerprint density at radius 1 is 0.878 bits per heavy atom. The molecule has 2 aromatic rings. The van der Waals surface area contributed by atoms with Gasteiger partial charge < -0.3 is 19.3 Å². The Labute approximate surface area is 248 Å². The quantitative estimate of drug-likeness (QED) is 0.250. The van der Waals surface area contributed by atoms with Crippen molar-refractivity contribution in [2.24, 2.45) is 17.8 Å². The number of carbonyl (C=O) groups excluding carboxylic acids is 3. The van der Waals surface area contributed by atoms with Gasteiger partial charge in [0.25, 0.3) is 0 Å². The molecule has 2 saturated carbocycles. The third-order valence-electron chi connectivity index (χ3n) is 9.20. The SMILES string of the molecule is CC1CCC(C(=O)N(c2cc(-c3ccccc3)sc2C(=O)OCOC(=O)C2CCCCC2)C2CCN(C)CC2)CC1. The molecule has 1 amide bonds. The van der Waals surface area contributed by atoms with E-state index in [-0.39, 0.29) is 29.8 Å². The van der Waals surface area contributed by atoms with Gasteiger partial charge in [-0.25, -0.2) is 4.79 Å². The average molecular weight is 581 g/mol. The van der Waals surface area contributed by atoms with Crippen LogP contribution in [0.1, 0.15) is 87.2 Å². The summed E-state index contributed by atoms with van der Waals surface area (Å²) in [5, 5.41) is 0. The molecule has 1 saturated heterocycles. The molecule has 0 N–H and O–H groups in total. The lowest BCUT2D eigenvalue weighted by atomic mass is 9.82. The number of esters is 2. The highest BCUT2D eigenvalue weighted by Gasteiger charge is 2.37. The molecule has 3 fully saturated rings. The van der Waals surface area contributed by atoms with E-state index < -0.39 is 12.8 Å².